The zero-order valence-corrected chi connectivity index (χ0v) is 8.20. The first-order valence-electron chi connectivity index (χ1n) is 4.25. The van der Waals surface area contributed by atoms with Gasteiger partial charge in [-0.3, -0.25) is 0 Å². The third kappa shape index (κ3) is 7.71. The van der Waals surface area contributed by atoms with E-state index >= 15 is 0 Å². The van der Waals surface area contributed by atoms with E-state index in [4.69, 9.17) is 14.2 Å². The van der Waals surface area contributed by atoms with E-state index in [1.807, 2.05) is 0 Å². The maximum absolute atomic E-state index is 5.22. The lowest BCUT2D eigenvalue weighted by Crippen LogP contribution is -2.24. The molecule has 0 aromatic rings. The van der Waals surface area contributed by atoms with Crippen molar-refractivity contribution in [2.24, 2.45) is 0 Å². The van der Waals surface area contributed by atoms with Gasteiger partial charge < -0.3 is 14.2 Å². The zero-order chi connectivity index (χ0) is 9.94. The Kier molecular flexibility index (Phi) is 8.98. The molecule has 0 aliphatic rings. The molecular weight excluding hydrogens is 168 g/mol. The highest BCUT2D eigenvalue weighted by Gasteiger charge is 2.06. The average Bonchev–Trinajstić information content (AvgIpc) is 2.16. The molecule has 0 aliphatic carbocycles. The summed E-state index contributed by atoms with van der Waals surface area (Å²) in [7, 11) is 1.64. The maximum Gasteiger partial charge on any atom is 0.104 e. The predicted octanol–water partition coefficient (Wildman–Crippen LogP) is 1.41. The van der Waals surface area contributed by atoms with Gasteiger partial charge in [0.1, 0.15) is 6.10 Å². The molecule has 0 aliphatic heterocycles. The van der Waals surface area contributed by atoms with E-state index in [0.717, 1.165) is 0 Å². The van der Waals surface area contributed by atoms with E-state index in [1.54, 1.807) is 19.3 Å². The Morgan fingerprint density at radius 2 is 1.54 bits per heavy atom. The Labute approximate surface area is 80.0 Å². The monoisotopic (exact) mass is 186 g/mol. The largest absolute Gasteiger partial charge is 0.377 e. The van der Waals surface area contributed by atoms with Crippen LogP contribution in [0, 0.1) is 0 Å². The Morgan fingerprint density at radius 1 is 1.08 bits per heavy atom. The lowest BCUT2D eigenvalue weighted by molar-refractivity contribution is -0.0308. The standard InChI is InChI=1S/C10H18O3/c1-4-6-12-8-10(11-3)9-13-7-5-2/h4-5,10H,1-2,6-9H2,3H3. The number of hydrogen-bond donors (Lipinski definition) is 0. The van der Waals surface area contributed by atoms with Crippen molar-refractivity contribution in [3.05, 3.63) is 25.3 Å². The van der Waals surface area contributed by atoms with Gasteiger partial charge in [0.25, 0.3) is 0 Å². The summed E-state index contributed by atoms with van der Waals surface area (Å²) in [5, 5.41) is 0. The molecule has 0 rings (SSSR count). The first-order valence-corrected chi connectivity index (χ1v) is 4.25. The highest BCUT2D eigenvalue weighted by molar-refractivity contribution is 4.67. The summed E-state index contributed by atoms with van der Waals surface area (Å²) in [5.41, 5.74) is 0. The van der Waals surface area contributed by atoms with Crippen molar-refractivity contribution in [3.8, 4) is 0 Å². The van der Waals surface area contributed by atoms with Crippen LogP contribution in [0.1, 0.15) is 0 Å². The summed E-state index contributed by atoms with van der Waals surface area (Å²) in [5.74, 6) is 0. The van der Waals surface area contributed by atoms with Gasteiger partial charge in [0.05, 0.1) is 26.4 Å². The van der Waals surface area contributed by atoms with E-state index < -0.39 is 0 Å². The fraction of sp³-hybridized carbons (Fsp3) is 0.600. The summed E-state index contributed by atoms with van der Waals surface area (Å²) in [6, 6.07) is 0. The molecule has 13 heavy (non-hydrogen) atoms. The van der Waals surface area contributed by atoms with Crippen LogP contribution in [-0.2, 0) is 14.2 Å². The van der Waals surface area contributed by atoms with Gasteiger partial charge in [0.15, 0.2) is 0 Å². The minimum Gasteiger partial charge on any atom is -0.377 e. The SMILES string of the molecule is C=CCOCC(COCC=C)OC. The van der Waals surface area contributed by atoms with Gasteiger partial charge in [0.2, 0.25) is 0 Å². The third-order valence-electron chi connectivity index (χ3n) is 1.41. The van der Waals surface area contributed by atoms with Crippen LogP contribution in [0.25, 0.3) is 0 Å². The van der Waals surface area contributed by atoms with Crippen molar-refractivity contribution in [2.45, 2.75) is 6.10 Å². The van der Waals surface area contributed by atoms with Gasteiger partial charge in [0, 0.05) is 7.11 Å². The molecule has 0 bridgehead atoms. The van der Waals surface area contributed by atoms with Crippen LogP contribution in [0.3, 0.4) is 0 Å². The lowest BCUT2D eigenvalue weighted by atomic mass is 10.4. The highest BCUT2D eigenvalue weighted by atomic mass is 16.6. The molecule has 76 valence electrons. The second-order valence-electron chi connectivity index (χ2n) is 2.51. The van der Waals surface area contributed by atoms with Crippen molar-refractivity contribution in [1.29, 1.82) is 0 Å². The van der Waals surface area contributed by atoms with Crippen molar-refractivity contribution in [3.63, 3.8) is 0 Å². The highest BCUT2D eigenvalue weighted by Crippen LogP contribution is 1.93. The number of methoxy groups -OCH3 is 1. The van der Waals surface area contributed by atoms with Crippen LogP contribution in [0.15, 0.2) is 25.3 Å². The summed E-state index contributed by atoms with van der Waals surface area (Å²) in [6.07, 6.45) is 3.40. The van der Waals surface area contributed by atoms with E-state index in [9.17, 15) is 0 Å². The van der Waals surface area contributed by atoms with Crippen molar-refractivity contribution >= 4 is 0 Å². The summed E-state index contributed by atoms with van der Waals surface area (Å²) < 4.78 is 15.6. The minimum absolute atomic E-state index is 0.0140. The molecule has 0 unspecified atom stereocenters. The second-order valence-corrected chi connectivity index (χ2v) is 2.51. The fourth-order valence-corrected chi connectivity index (χ4v) is 0.750. The van der Waals surface area contributed by atoms with E-state index in [0.29, 0.717) is 26.4 Å². The van der Waals surface area contributed by atoms with Crippen LogP contribution in [0.2, 0.25) is 0 Å². The van der Waals surface area contributed by atoms with Crippen LogP contribution in [0.5, 0.6) is 0 Å². The van der Waals surface area contributed by atoms with Crippen LogP contribution >= 0.6 is 0 Å². The van der Waals surface area contributed by atoms with Crippen LogP contribution in [-0.4, -0.2) is 39.6 Å². The van der Waals surface area contributed by atoms with Crippen LogP contribution in [0.4, 0.5) is 0 Å². The quantitative estimate of drug-likeness (QED) is 0.402. The number of ether oxygens (including phenoxy) is 3. The summed E-state index contributed by atoms with van der Waals surface area (Å²) in [4.78, 5) is 0. The Balaban J connectivity index is 3.38. The summed E-state index contributed by atoms with van der Waals surface area (Å²) >= 11 is 0. The zero-order valence-electron chi connectivity index (χ0n) is 8.20. The number of rotatable bonds is 9. The Morgan fingerprint density at radius 3 is 1.85 bits per heavy atom. The molecule has 0 N–H and O–H groups in total. The molecule has 0 spiro atoms. The topological polar surface area (TPSA) is 27.7 Å². The second kappa shape index (κ2) is 9.45. The molecule has 0 radical (unpaired) electrons. The normalized spacial score (nSPS) is 10.3. The van der Waals surface area contributed by atoms with Crippen molar-refractivity contribution in [2.75, 3.05) is 33.5 Å². The molecule has 0 atom stereocenters. The molecule has 0 saturated heterocycles. The summed E-state index contributed by atoms with van der Waals surface area (Å²) in [6.45, 7) is 9.24. The van der Waals surface area contributed by atoms with Crippen molar-refractivity contribution < 1.29 is 14.2 Å². The van der Waals surface area contributed by atoms with E-state index in [2.05, 4.69) is 13.2 Å². The third-order valence-corrected chi connectivity index (χ3v) is 1.41. The van der Waals surface area contributed by atoms with Gasteiger partial charge in [-0.2, -0.15) is 0 Å². The van der Waals surface area contributed by atoms with Gasteiger partial charge >= 0.3 is 0 Å². The first kappa shape index (κ1) is 12.4. The van der Waals surface area contributed by atoms with Crippen molar-refractivity contribution in [1.82, 2.24) is 0 Å². The van der Waals surface area contributed by atoms with Gasteiger partial charge in [-0.05, 0) is 0 Å². The van der Waals surface area contributed by atoms with Gasteiger partial charge in [-0.15, -0.1) is 13.2 Å². The van der Waals surface area contributed by atoms with E-state index in [1.165, 1.54) is 0 Å². The Hall–Kier alpha value is -0.640. The molecule has 0 aromatic carbocycles. The van der Waals surface area contributed by atoms with Crippen LogP contribution < -0.4 is 0 Å². The Bertz CT molecular complexity index is 120. The lowest BCUT2D eigenvalue weighted by Gasteiger charge is -2.14. The molecular formula is C10H18O3. The molecule has 0 aromatic heterocycles. The molecule has 0 heterocycles. The predicted molar refractivity (Wildman–Crippen MR) is 52.8 cm³/mol. The van der Waals surface area contributed by atoms with Gasteiger partial charge in [-0.25, -0.2) is 0 Å². The molecule has 0 fully saturated rings. The maximum atomic E-state index is 5.22. The van der Waals surface area contributed by atoms with E-state index in [-0.39, 0.29) is 6.10 Å². The molecule has 0 amide bonds. The average molecular weight is 186 g/mol. The minimum atomic E-state index is -0.0140. The molecule has 3 heteroatoms. The smallest absolute Gasteiger partial charge is 0.104 e. The fourth-order valence-electron chi connectivity index (χ4n) is 0.750. The molecule has 0 saturated carbocycles. The first-order chi connectivity index (χ1) is 6.35. The molecule has 3 nitrogen and oxygen atoms in total. The number of hydrogen-bond acceptors (Lipinski definition) is 3. The van der Waals surface area contributed by atoms with Gasteiger partial charge in [-0.1, -0.05) is 12.2 Å².